The Hall–Kier alpha value is -1.39. The van der Waals surface area contributed by atoms with E-state index in [1.807, 2.05) is 43.3 Å². The number of halogens is 2. The quantitative estimate of drug-likeness (QED) is 0.562. The van der Waals surface area contributed by atoms with Crippen LogP contribution in [0.3, 0.4) is 0 Å². The van der Waals surface area contributed by atoms with Gasteiger partial charge in [-0.2, -0.15) is 0 Å². The zero-order valence-corrected chi connectivity index (χ0v) is 13.8. The molecule has 0 spiro atoms. The molecule has 0 atom stereocenters. The minimum Gasteiger partial charge on any atom is -0.460 e. The van der Waals surface area contributed by atoms with Crippen LogP contribution in [0.15, 0.2) is 60.6 Å². The molecule has 0 amide bonds. The van der Waals surface area contributed by atoms with Crippen LogP contribution in [0.25, 0.3) is 22.1 Å². The predicted molar refractivity (Wildman–Crippen MR) is 88.1 cm³/mol. The number of hydrogen-bond acceptors (Lipinski definition) is 2. The van der Waals surface area contributed by atoms with Crippen molar-refractivity contribution in [3.05, 3.63) is 67.4 Å². The molecule has 20 heavy (non-hydrogen) atoms. The monoisotopic (exact) mass is 392 g/mol. The Morgan fingerprint density at radius 3 is 2.30 bits per heavy atom. The van der Waals surface area contributed by atoms with Crippen LogP contribution in [0, 0.1) is 6.92 Å². The second-order valence-electron chi connectivity index (χ2n) is 4.51. The van der Waals surface area contributed by atoms with E-state index in [1.165, 1.54) is 0 Å². The summed E-state index contributed by atoms with van der Waals surface area (Å²) in [6.07, 6.45) is 0. The minimum atomic E-state index is -0.00132. The van der Waals surface area contributed by atoms with Gasteiger partial charge >= 0.3 is 0 Å². The lowest BCUT2D eigenvalue weighted by Gasteiger charge is -2.07. The molecule has 1 aromatic heterocycles. The second-order valence-corrected chi connectivity index (χ2v) is 6.34. The van der Waals surface area contributed by atoms with Gasteiger partial charge in [-0.3, -0.25) is 4.79 Å². The third-order valence-electron chi connectivity index (χ3n) is 3.16. The summed E-state index contributed by atoms with van der Waals surface area (Å²) < 4.78 is 7.67. The maximum atomic E-state index is 12.7. The van der Waals surface area contributed by atoms with Crippen molar-refractivity contribution in [1.29, 1.82) is 0 Å². The standard InChI is InChI=1S/C16H10Br2O2/c1-9-15(10-2-4-11(17)5-3-10)16(19)13-7-6-12(18)8-14(13)20-9/h2-8H,1H3. The third kappa shape index (κ3) is 2.34. The van der Waals surface area contributed by atoms with Crippen molar-refractivity contribution in [1.82, 2.24) is 0 Å². The molecule has 4 heteroatoms. The van der Waals surface area contributed by atoms with Gasteiger partial charge in [0.1, 0.15) is 11.3 Å². The Morgan fingerprint density at radius 1 is 0.950 bits per heavy atom. The second kappa shape index (κ2) is 5.19. The van der Waals surface area contributed by atoms with Crippen LogP contribution in [-0.4, -0.2) is 0 Å². The molecule has 3 aromatic rings. The maximum Gasteiger partial charge on any atom is 0.200 e. The van der Waals surface area contributed by atoms with Gasteiger partial charge in [0.05, 0.1) is 10.9 Å². The molecule has 2 nitrogen and oxygen atoms in total. The van der Waals surface area contributed by atoms with Crippen LogP contribution in [0.5, 0.6) is 0 Å². The van der Waals surface area contributed by atoms with Crippen LogP contribution >= 0.6 is 31.9 Å². The molecule has 0 N–H and O–H groups in total. The molecule has 0 bridgehead atoms. The van der Waals surface area contributed by atoms with E-state index >= 15 is 0 Å². The van der Waals surface area contributed by atoms with E-state index in [9.17, 15) is 4.79 Å². The zero-order valence-electron chi connectivity index (χ0n) is 10.6. The fraction of sp³-hybridized carbons (Fsp3) is 0.0625. The van der Waals surface area contributed by atoms with E-state index in [-0.39, 0.29) is 5.43 Å². The van der Waals surface area contributed by atoms with Crippen molar-refractivity contribution in [2.45, 2.75) is 6.92 Å². The van der Waals surface area contributed by atoms with Crippen molar-refractivity contribution in [2.24, 2.45) is 0 Å². The number of benzene rings is 2. The molecule has 0 saturated carbocycles. The number of fused-ring (bicyclic) bond motifs is 1. The summed E-state index contributed by atoms with van der Waals surface area (Å²) in [5.41, 5.74) is 2.08. The molecule has 100 valence electrons. The lowest BCUT2D eigenvalue weighted by Crippen LogP contribution is -2.07. The number of aryl methyl sites for hydroxylation is 1. The number of rotatable bonds is 1. The Bertz CT molecular complexity index is 849. The molecule has 0 unspecified atom stereocenters. The first-order valence-electron chi connectivity index (χ1n) is 6.05. The summed E-state index contributed by atoms with van der Waals surface area (Å²) in [5, 5.41) is 0.594. The molecule has 0 radical (unpaired) electrons. The fourth-order valence-corrected chi connectivity index (χ4v) is 2.83. The van der Waals surface area contributed by atoms with Gasteiger partial charge in [0.2, 0.25) is 5.43 Å². The Labute approximate surface area is 132 Å². The Morgan fingerprint density at radius 2 is 1.60 bits per heavy atom. The highest BCUT2D eigenvalue weighted by molar-refractivity contribution is 9.10. The van der Waals surface area contributed by atoms with Gasteiger partial charge in [0, 0.05) is 8.95 Å². The first-order chi connectivity index (χ1) is 9.56. The highest BCUT2D eigenvalue weighted by atomic mass is 79.9. The zero-order chi connectivity index (χ0) is 14.3. The van der Waals surface area contributed by atoms with Crippen molar-refractivity contribution in [3.8, 4) is 11.1 Å². The smallest absolute Gasteiger partial charge is 0.200 e. The Balaban J connectivity index is 2.34. The van der Waals surface area contributed by atoms with Crippen molar-refractivity contribution >= 4 is 42.8 Å². The normalized spacial score (nSPS) is 10.9. The molecular formula is C16H10Br2O2. The fourth-order valence-electron chi connectivity index (χ4n) is 2.23. The van der Waals surface area contributed by atoms with Gasteiger partial charge < -0.3 is 4.42 Å². The first kappa shape index (κ1) is 13.6. The summed E-state index contributed by atoms with van der Waals surface area (Å²) in [7, 11) is 0. The van der Waals surface area contributed by atoms with Crippen molar-refractivity contribution in [2.75, 3.05) is 0 Å². The molecule has 0 aliphatic heterocycles. The summed E-state index contributed by atoms with van der Waals surface area (Å²) in [4.78, 5) is 12.7. The first-order valence-corrected chi connectivity index (χ1v) is 7.64. The molecule has 0 aliphatic carbocycles. The summed E-state index contributed by atoms with van der Waals surface area (Å²) in [5.74, 6) is 0.628. The molecule has 0 fully saturated rings. The molecule has 0 saturated heterocycles. The predicted octanol–water partition coefficient (Wildman–Crippen LogP) is 5.29. The third-order valence-corrected chi connectivity index (χ3v) is 4.19. The summed E-state index contributed by atoms with van der Waals surface area (Å²) >= 11 is 6.78. The van der Waals surface area contributed by atoms with E-state index in [4.69, 9.17) is 4.42 Å². The minimum absolute atomic E-state index is 0.00132. The van der Waals surface area contributed by atoms with Crippen LogP contribution in [0.2, 0.25) is 0 Å². The summed E-state index contributed by atoms with van der Waals surface area (Å²) in [6, 6.07) is 13.1. The van der Waals surface area contributed by atoms with Gasteiger partial charge in [-0.1, -0.05) is 44.0 Å². The maximum absolute atomic E-state index is 12.7. The Kier molecular flexibility index (Phi) is 3.52. The van der Waals surface area contributed by atoms with Crippen molar-refractivity contribution in [3.63, 3.8) is 0 Å². The lowest BCUT2D eigenvalue weighted by molar-refractivity contribution is 0.567. The van der Waals surface area contributed by atoms with Gasteiger partial charge in [0.25, 0.3) is 0 Å². The van der Waals surface area contributed by atoms with Crippen LogP contribution in [0.1, 0.15) is 5.76 Å². The van der Waals surface area contributed by atoms with Crippen LogP contribution < -0.4 is 5.43 Å². The summed E-state index contributed by atoms with van der Waals surface area (Å²) in [6.45, 7) is 1.82. The molecule has 0 aliphatic rings. The van der Waals surface area contributed by atoms with E-state index in [1.54, 1.807) is 6.07 Å². The highest BCUT2D eigenvalue weighted by Gasteiger charge is 2.13. The van der Waals surface area contributed by atoms with Gasteiger partial charge in [-0.05, 0) is 42.8 Å². The average Bonchev–Trinajstić information content (AvgIpc) is 2.40. The molecule has 1 heterocycles. The van der Waals surface area contributed by atoms with Crippen molar-refractivity contribution < 1.29 is 4.42 Å². The average molecular weight is 394 g/mol. The lowest BCUT2D eigenvalue weighted by atomic mass is 10.0. The highest BCUT2D eigenvalue weighted by Crippen LogP contribution is 2.26. The molecule has 2 aromatic carbocycles. The van der Waals surface area contributed by atoms with Crippen LogP contribution in [0.4, 0.5) is 0 Å². The van der Waals surface area contributed by atoms with E-state index in [0.717, 1.165) is 14.5 Å². The van der Waals surface area contributed by atoms with Gasteiger partial charge in [0.15, 0.2) is 0 Å². The van der Waals surface area contributed by atoms with Gasteiger partial charge in [-0.15, -0.1) is 0 Å². The largest absolute Gasteiger partial charge is 0.460 e. The topological polar surface area (TPSA) is 30.2 Å². The van der Waals surface area contributed by atoms with Crippen LogP contribution in [-0.2, 0) is 0 Å². The van der Waals surface area contributed by atoms with E-state index in [0.29, 0.717) is 22.3 Å². The molecular weight excluding hydrogens is 384 g/mol. The molecule has 3 rings (SSSR count). The van der Waals surface area contributed by atoms with E-state index in [2.05, 4.69) is 31.9 Å². The van der Waals surface area contributed by atoms with Gasteiger partial charge in [-0.25, -0.2) is 0 Å². The number of hydrogen-bond donors (Lipinski definition) is 0. The SMILES string of the molecule is Cc1oc2cc(Br)ccc2c(=O)c1-c1ccc(Br)cc1. The van der Waals surface area contributed by atoms with E-state index < -0.39 is 0 Å².